The van der Waals surface area contributed by atoms with Crippen molar-refractivity contribution in [2.24, 2.45) is 0 Å². The van der Waals surface area contributed by atoms with Gasteiger partial charge in [0, 0.05) is 53.3 Å². The number of hydrogen-bond acceptors (Lipinski definition) is 4. The minimum absolute atomic E-state index is 0.647. The van der Waals surface area contributed by atoms with Gasteiger partial charge in [-0.05, 0) is 53.6 Å². The molecule has 5 heteroatoms. The molecule has 0 N–H and O–H groups in total. The third kappa shape index (κ3) is 4.71. The van der Waals surface area contributed by atoms with E-state index < -0.39 is 0 Å². The average molecular weight is 657 g/mol. The monoisotopic (exact) mass is 656 g/mol. The number of fused-ring (bicyclic) bond motifs is 6. The largest absolute Gasteiger partial charge is 0.309 e. The van der Waals surface area contributed by atoms with Crippen LogP contribution in [-0.4, -0.2) is 19.5 Å². The van der Waals surface area contributed by atoms with Crippen molar-refractivity contribution < 1.29 is 0 Å². The molecule has 0 spiro atoms. The van der Waals surface area contributed by atoms with Gasteiger partial charge in [-0.15, -0.1) is 11.3 Å². The summed E-state index contributed by atoms with van der Waals surface area (Å²) in [5.41, 5.74) is 8.68. The van der Waals surface area contributed by atoms with Crippen molar-refractivity contribution in [1.29, 1.82) is 0 Å². The van der Waals surface area contributed by atoms with Gasteiger partial charge in [0.1, 0.15) is 0 Å². The van der Waals surface area contributed by atoms with Crippen LogP contribution in [0.4, 0.5) is 0 Å². The van der Waals surface area contributed by atoms with Crippen LogP contribution in [0, 0.1) is 0 Å². The molecule has 234 valence electrons. The van der Waals surface area contributed by atoms with Gasteiger partial charge in [0.15, 0.2) is 17.5 Å². The minimum atomic E-state index is 0.647. The van der Waals surface area contributed by atoms with Gasteiger partial charge in [-0.3, -0.25) is 0 Å². The molecule has 0 saturated carbocycles. The maximum absolute atomic E-state index is 5.20. The van der Waals surface area contributed by atoms with Crippen molar-refractivity contribution in [2.75, 3.05) is 0 Å². The van der Waals surface area contributed by atoms with Crippen LogP contribution in [0.25, 0.3) is 93.0 Å². The zero-order valence-corrected chi connectivity index (χ0v) is 27.7. The van der Waals surface area contributed by atoms with Crippen LogP contribution in [0.5, 0.6) is 0 Å². The molecular weight excluding hydrogens is 629 g/mol. The average Bonchev–Trinajstić information content (AvgIpc) is 3.74. The van der Waals surface area contributed by atoms with Crippen LogP contribution in [0.3, 0.4) is 0 Å². The summed E-state index contributed by atoms with van der Waals surface area (Å²) in [7, 11) is 0. The van der Waals surface area contributed by atoms with Gasteiger partial charge in [-0.1, -0.05) is 127 Å². The molecule has 50 heavy (non-hydrogen) atoms. The van der Waals surface area contributed by atoms with Crippen LogP contribution in [0.15, 0.2) is 170 Å². The lowest BCUT2D eigenvalue weighted by atomic mass is 10.0. The highest BCUT2D eigenvalue weighted by molar-refractivity contribution is 7.26. The maximum atomic E-state index is 5.20. The second kappa shape index (κ2) is 11.6. The quantitative estimate of drug-likeness (QED) is 0.185. The minimum Gasteiger partial charge on any atom is -0.309 e. The fourth-order valence-corrected chi connectivity index (χ4v) is 8.26. The summed E-state index contributed by atoms with van der Waals surface area (Å²) >= 11 is 1.80. The molecule has 0 aliphatic heterocycles. The van der Waals surface area contributed by atoms with Crippen LogP contribution in [0.1, 0.15) is 0 Å². The smallest absolute Gasteiger partial charge is 0.164 e. The molecule has 3 heterocycles. The first-order valence-corrected chi connectivity index (χ1v) is 17.5. The van der Waals surface area contributed by atoms with Gasteiger partial charge in [0.2, 0.25) is 0 Å². The lowest BCUT2D eigenvalue weighted by Gasteiger charge is -2.11. The molecule has 0 saturated heterocycles. The number of benzene rings is 7. The molecule has 0 radical (unpaired) electrons. The second-order valence-electron chi connectivity index (χ2n) is 12.5. The Morgan fingerprint density at radius 1 is 0.380 bits per heavy atom. The molecule has 0 bridgehead atoms. The molecule has 3 aromatic heterocycles. The molecule has 7 aromatic carbocycles. The molecule has 0 amide bonds. The zero-order valence-electron chi connectivity index (χ0n) is 26.9. The standard InChI is InChI=1S/C45H28N4S/c1-3-13-29(14-4-1)31-17-11-18-32(27-31)44-46-43(30-15-5-2-6-16-30)47-45(48-44)36-21-12-24-41-42(36)37-28-33(25-26-40(37)50-41)49-38-22-9-7-19-34(38)35-20-8-10-23-39(35)49/h1-28H. The van der Waals surface area contributed by atoms with Gasteiger partial charge in [-0.25, -0.2) is 15.0 Å². The molecule has 4 nitrogen and oxygen atoms in total. The number of nitrogens with zero attached hydrogens (tertiary/aromatic N) is 4. The Hall–Kier alpha value is -6.43. The predicted molar refractivity (Wildman–Crippen MR) is 209 cm³/mol. The number of para-hydroxylation sites is 2. The fraction of sp³-hybridized carbons (Fsp3) is 0. The second-order valence-corrected chi connectivity index (χ2v) is 13.5. The molecule has 10 rings (SSSR count). The maximum Gasteiger partial charge on any atom is 0.164 e. The van der Waals surface area contributed by atoms with Crippen molar-refractivity contribution in [3.8, 4) is 51.0 Å². The van der Waals surface area contributed by atoms with Crippen LogP contribution >= 0.6 is 11.3 Å². The Labute approximate surface area is 292 Å². The van der Waals surface area contributed by atoms with Crippen molar-refractivity contribution >= 4 is 53.3 Å². The van der Waals surface area contributed by atoms with E-state index in [1.807, 2.05) is 24.3 Å². The lowest BCUT2D eigenvalue weighted by Crippen LogP contribution is -2.00. The zero-order chi connectivity index (χ0) is 33.0. The molecular formula is C45H28N4S. The van der Waals surface area contributed by atoms with Gasteiger partial charge in [0.25, 0.3) is 0 Å². The fourth-order valence-electron chi connectivity index (χ4n) is 7.15. The van der Waals surface area contributed by atoms with E-state index in [0.29, 0.717) is 17.5 Å². The van der Waals surface area contributed by atoms with Crippen molar-refractivity contribution in [3.05, 3.63) is 170 Å². The number of aromatic nitrogens is 4. The highest BCUT2D eigenvalue weighted by Gasteiger charge is 2.19. The van der Waals surface area contributed by atoms with E-state index in [0.717, 1.165) is 38.9 Å². The summed E-state index contributed by atoms with van der Waals surface area (Å²) in [6, 6.07) is 59.7. The van der Waals surface area contributed by atoms with Crippen LogP contribution in [-0.2, 0) is 0 Å². The van der Waals surface area contributed by atoms with Gasteiger partial charge < -0.3 is 4.57 Å². The van der Waals surface area contributed by atoms with E-state index in [4.69, 9.17) is 15.0 Å². The van der Waals surface area contributed by atoms with Crippen molar-refractivity contribution in [1.82, 2.24) is 19.5 Å². The Morgan fingerprint density at radius 3 is 1.70 bits per heavy atom. The Kier molecular flexibility index (Phi) is 6.64. The van der Waals surface area contributed by atoms with E-state index in [-0.39, 0.29) is 0 Å². The summed E-state index contributed by atoms with van der Waals surface area (Å²) in [6.45, 7) is 0. The number of rotatable bonds is 5. The Morgan fingerprint density at radius 2 is 0.960 bits per heavy atom. The van der Waals surface area contributed by atoms with E-state index in [2.05, 4.69) is 150 Å². The highest BCUT2D eigenvalue weighted by Crippen LogP contribution is 2.42. The first-order valence-electron chi connectivity index (χ1n) is 16.7. The van der Waals surface area contributed by atoms with Crippen LogP contribution in [0.2, 0.25) is 0 Å². The van der Waals surface area contributed by atoms with Crippen LogP contribution < -0.4 is 0 Å². The van der Waals surface area contributed by atoms with E-state index in [9.17, 15) is 0 Å². The van der Waals surface area contributed by atoms with Crippen molar-refractivity contribution in [2.45, 2.75) is 0 Å². The first kappa shape index (κ1) is 28.6. The van der Waals surface area contributed by atoms with Gasteiger partial charge in [-0.2, -0.15) is 0 Å². The van der Waals surface area contributed by atoms with Gasteiger partial charge in [0.05, 0.1) is 11.0 Å². The third-order valence-electron chi connectivity index (χ3n) is 9.45. The summed E-state index contributed by atoms with van der Waals surface area (Å²) in [6.07, 6.45) is 0. The molecule has 0 aliphatic rings. The predicted octanol–water partition coefficient (Wildman–Crippen LogP) is 12.0. The topological polar surface area (TPSA) is 43.6 Å². The summed E-state index contributed by atoms with van der Waals surface area (Å²) in [5, 5.41) is 4.85. The lowest BCUT2D eigenvalue weighted by molar-refractivity contribution is 1.08. The van der Waals surface area contributed by atoms with Crippen molar-refractivity contribution in [3.63, 3.8) is 0 Å². The molecule has 10 aromatic rings. The Bertz CT molecular complexity index is 2820. The summed E-state index contributed by atoms with van der Waals surface area (Å²) < 4.78 is 4.81. The van der Waals surface area contributed by atoms with Gasteiger partial charge >= 0.3 is 0 Å². The van der Waals surface area contributed by atoms with E-state index >= 15 is 0 Å². The normalized spacial score (nSPS) is 11.6. The number of thiophene rings is 1. The van der Waals surface area contributed by atoms with E-state index in [1.54, 1.807) is 11.3 Å². The molecule has 0 fully saturated rings. The summed E-state index contributed by atoms with van der Waals surface area (Å²) in [5.74, 6) is 1.96. The SMILES string of the molecule is c1ccc(-c2cccc(-c3nc(-c4ccccc4)nc(-c4cccc5sc6ccc(-n7c8ccccc8c8ccccc87)cc6c45)n3)c2)cc1. The summed E-state index contributed by atoms with van der Waals surface area (Å²) in [4.78, 5) is 15.4. The molecule has 0 aliphatic carbocycles. The van der Waals surface area contributed by atoms with E-state index in [1.165, 1.54) is 36.6 Å². The first-order chi connectivity index (χ1) is 24.8. The molecule has 0 unspecified atom stereocenters. The molecule has 0 atom stereocenters. The Balaban J connectivity index is 1.20. The third-order valence-corrected chi connectivity index (χ3v) is 10.6. The number of hydrogen-bond donors (Lipinski definition) is 0. The highest BCUT2D eigenvalue weighted by atomic mass is 32.1.